The van der Waals surface area contributed by atoms with Crippen LogP contribution in [0.4, 0.5) is 17.1 Å². The normalized spacial score (nSPS) is 11.6. The van der Waals surface area contributed by atoms with Crippen molar-refractivity contribution in [3.63, 3.8) is 0 Å². The first-order valence-corrected chi connectivity index (χ1v) is 14.5. The molecule has 0 saturated heterocycles. The molecule has 4 aromatic rings. The quantitative estimate of drug-likeness (QED) is 0.0735. The molecular weight excluding hydrogens is 596 g/mol. The van der Waals surface area contributed by atoms with Crippen LogP contribution >= 0.6 is 11.8 Å². The largest absolute Gasteiger partial charge is 0.497 e. The Morgan fingerprint density at radius 2 is 1.44 bits per heavy atom. The number of ether oxygens (including phenoxy) is 2. The lowest BCUT2D eigenvalue weighted by molar-refractivity contribution is -0.385. The number of carbonyl (C=O) groups is 3. The number of amides is 3. The van der Waals surface area contributed by atoms with Crippen LogP contribution in [0.15, 0.2) is 108 Å². The third-order valence-corrected chi connectivity index (χ3v) is 7.49. The molecule has 3 N–H and O–H groups in total. The smallest absolute Gasteiger partial charge is 0.276 e. The highest BCUT2D eigenvalue weighted by molar-refractivity contribution is 8.00. The van der Waals surface area contributed by atoms with Gasteiger partial charge in [-0.15, -0.1) is 11.8 Å². The van der Waals surface area contributed by atoms with Gasteiger partial charge < -0.3 is 25.4 Å². The summed E-state index contributed by atoms with van der Waals surface area (Å²) in [4.78, 5) is 50.8. The van der Waals surface area contributed by atoms with Gasteiger partial charge in [-0.2, -0.15) is 0 Å². The molecule has 1 atom stereocenters. The lowest BCUT2D eigenvalue weighted by Gasteiger charge is -2.14. The van der Waals surface area contributed by atoms with Gasteiger partial charge >= 0.3 is 0 Å². The van der Waals surface area contributed by atoms with E-state index in [1.807, 2.05) is 0 Å². The highest BCUT2D eigenvalue weighted by Crippen LogP contribution is 2.29. The van der Waals surface area contributed by atoms with Gasteiger partial charge in [0.15, 0.2) is 0 Å². The van der Waals surface area contributed by atoms with E-state index < -0.39 is 22.0 Å². The second-order valence-electron chi connectivity index (χ2n) is 9.52. The number of methoxy groups -OCH3 is 2. The molecule has 12 heteroatoms. The van der Waals surface area contributed by atoms with Crippen LogP contribution in [-0.4, -0.2) is 42.1 Å². The number of benzene rings is 4. The second kappa shape index (κ2) is 15.2. The van der Waals surface area contributed by atoms with Crippen molar-refractivity contribution in [1.82, 2.24) is 5.32 Å². The van der Waals surface area contributed by atoms with Gasteiger partial charge in [-0.25, -0.2) is 0 Å². The van der Waals surface area contributed by atoms with E-state index in [9.17, 15) is 24.5 Å². The van der Waals surface area contributed by atoms with Crippen LogP contribution in [0.5, 0.6) is 11.5 Å². The number of thioether (sulfide) groups is 1. The predicted molar refractivity (Wildman–Crippen MR) is 174 cm³/mol. The van der Waals surface area contributed by atoms with E-state index >= 15 is 0 Å². The summed E-state index contributed by atoms with van der Waals surface area (Å²) < 4.78 is 10.5. The lowest BCUT2D eigenvalue weighted by atomic mass is 10.1. The molecule has 4 rings (SSSR count). The molecule has 0 aliphatic heterocycles. The van der Waals surface area contributed by atoms with E-state index in [1.54, 1.807) is 85.8 Å². The Labute approximate surface area is 263 Å². The van der Waals surface area contributed by atoms with E-state index in [1.165, 1.54) is 50.3 Å². The van der Waals surface area contributed by atoms with Crippen LogP contribution in [0, 0.1) is 10.1 Å². The first-order chi connectivity index (χ1) is 21.7. The molecule has 0 spiro atoms. The van der Waals surface area contributed by atoms with E-state index in [0.717, 1.165) is 4.90 Å². The first-order valence-electron chi connectivity index (χ1n) is 13.6. The molecule has 4 aromatic carbocycles. The number of rotatable bonds is 12. The molecule has 0 aliphatic carbocycles. The summed E-state index contributed by atoms with van der Waals surface area (Å²) in [5.74, 6) is -0.377. The molecule has 0 fully saturated rings. The minimum atomic E-state index is -0.681. The summed E-state index contributed by atoms with van der Waals surface area (Å²) in [5, 5.41) is 19.2. The molecular formula is C33H30N4O7S. The summed E-state index contributed by atoms with van der Waals surface area (Å²) in [6.45, 7) is 1.77. The number of nitrogens with zero attached hydrogens (tertiary/aromatic N) is 1. The lowest BCUT2D eigenvalue weighted by Crippen LogP contribution is -2.30. The Morgan fingerprint density at radius 3 is 2.07 bits per heavy atom. The van der Waals surface area contributed by atoms with Gasteiger partial charge in [0.2, 0.25) is 5.91 Å². The molecule has 3 amide bonds. The van der Waals surface area contributed by atoms with Gasteiger partial charge in [-0.1, -0.05) is 30.3 Å². The maximum Gasteiger partial charge on any atom is 0.276 e. The van der Waals surface area contributed by atoms with Crippen molar-refractivity contribution < 1.29 is 28.8 Å². The Morgan fingerprint density at radius 1 is 0.822 bits per heavy atom. The Hall–Kier alpha value is -5.62. The van der Waals surface area contributed by atoms with Gasteiger partial charge in [0.05, 0.1) is 30.0 Å². The van der Waals surface area contributed by atoms with E-state index in [4.69, 9.17) is 9.47 Å². The molecule has 1 unspecified atom stereocenters. The van der Waals surface area contributed by atoms with Crippen molar-refractivity contribution in [2.24, 2.45) is 0 Å². The summed E-state index contributed by atoms with van der Waals surface area (Å²) in [6, 6.07) is 26.1. The van der Waals surface area contributed by atoms with E-state index in [2.05, 4.69) is 16.0 Å². The van der Waals surface area contributed by atoms with Crippen molar-refractivity contribution >= 4 is 52.6 Å². The zero-order valence-electron chi connectivity index (χ0n) is 24.6. The summed E-state index contributed by atoms with van der Waals surface area (Å²) in [6.07, 6.45) is 1.26. The van der Waals surface area contributed by atoms with Gasteiger partial charge in [-0.05, 0) is 55.5 Å². The van der Waals surface area contributed by atoms with Gasteiger partial charge in [-0.3, -0.25) is 24.5 Å². The fraction of sp³-hybridized carbons (Fsp3) is 0.121. The first kappa shape index (κ1) is 32.3. The monoisotopic (exact) mass is 626 g/mol. The molecule has 0 saturated carbocycles. The number of nitro benzene ring substituents is 1. The van der Waals surface area contributed by atoms with Crippen molar-refractivity contribution in [3.05, 3.63) is 124 Å². The van der Waals surface area contributed by atoms with Crippen LogP contribution in [-0.2, 0) is 9.59 Å². The summed E-state index contributed by atoms with van der Waals surface area (Å²) in [5.41, 5.74) is 0.993. The zero-order chi connectivity index (χ0) is 32.3. The standard InChI is InChI=1S/C33H30N4O7S/c1-21(31(38)35-25-18-26(43-2)20-27(19-25)44-3)45-28-15-13-24(14-16-28)34-33(40)29(36-32(39)22-9-5-4-6-10-22)17-23-11-7-8-12-30(23)37(41)42/h4-21H,1-3H3,(H,34,40)(H,35,38)(H,36,39)/b29-17-. The molecule has 0 radical (unpaired) electrons. The topological polar surface area (TPSA) is 149 Å². The second-order valence-corrected chi connectivity index (χ2v) is 10.9. The molecule has 45 heavy (non-hydrogen) atoms. The minimum absolute atomic E-state index is 0.146. The van der Waals surface area contributed by atoms with Crippen molar-refractivity contribution in [2.45, 2.75) is 17.1 Å². The maximum absolute atomic E-state index is 13.3. The van der Waals surface area contributed by atoms with Gasteiger partial charge in [0, 0.05) is 46.1 Å². The van der Waals surface area contributed by atoms with Crippen LogP contribution in [0.3, 0.4) is 0 Å². The van der Waals surface area contributed by atoms with Crippen molar-refractivity contribution in [2.75, 3.05) is 24.9 Å². The fourth-order valence-electron chi connectivity index (χ4n) is 4.07. The predicted octanol–water partition coefficient (Wildman–Crippen LogP) is 6.14. The van der Waals surface area contributed by atoms with E-state index in [-0.39, 0.29) is 22.9 Å². The van der Waals surface area contributed by atoms with Gasteiger partial charge in [0.25, 0.3) is 17.5 Å². The SMILES string of the molecule is COc1cc(NC(=O)C(C)Sc2ccc(NC(=O)/C(=C/c3ccccc3[N+](=O)[O-])NC(=O)c3ccccc3)cc2)cc(OC)c1. The molecule has 0 bridgehead atoms. The third-order valence-electron chi connectivity index (χ3n) is 6.38. The number of nitrogens with one attached hydrogen (secondary N) is 3. The van der Waals surface area contributed by atoms with Crippen LogP contribution in [0.25, 0.3) is 6.08 Å². The average molecular weight is 627 g/mol. The number of nitro groups is 1. The maximum atomic E-state index is 13.3. The highest BCUT2D eigenvalue weighted by atomic mass is 32.2. The number of carbonyl (C=O) groups excluding carboxylic acids is 3. The van der Waals surface area contributed by atoms with Crippen LogP contribution in [0.2, 0.25) is 0 Å². The average Bonchev–Trinajstić information content (AvgIpc) is 3.05. The molecule has 11 nitrogen and oxygen atoms in total. The Balaban J connectivity index is 1.46. The Kier molecular flexibility index (Phi) is 10.9. The Bertz CT molecular complexity index is 1700. The van der Waals surface area contributed by atoms with Crippen molar-refractivity contribution in [1.29, 1.82) is 0 Å². The summed E-state index contributed by atoms with van der Waals surface area (Å²) >= 11 is 1.32. The number of hydrogen-bond donors (Lipinski definition) is 3. The minimum Gasteiger partial charge on any atom is -0.497 e. The fourth-order valence-corrected chi connectivity index (χ4v) is 4.94. The van der Waals surface area contributed by atoms with Crippen LogP contribution < -0.4 is 25.4 Å². The number of hydrogen-bond acceptors (Lipinski definition) is 8. The van der Waals surface area contributed by atoms with Crippen molar-refractivity contribution in [3.8, 4) is 11.5 Å². The molecule has 0 aliphatic rings. The van der Waals surface area contributed by atoms with Crippen LogP contribution in [0.1, 0.15) is 22.8 Å². The molecule has 0 aromatic heterocycles. The number of para-hydroxylation sites is 1. The summed E-state index contributed by atoms with van der Waals surface area (Å²) in [7, 11) is 3.05. The zero-order valence-corrected chi connectivity index (χ0v) is 25.4. The number of anilines is 2. The highest BCUT2D eigenvalue weighted by Gasteiger charge is 2.19. The molecule has 230 valence electrons. The van der Waals surface area contributed by atoms with E-state index in [0.29, 0.717) is 28.4 Å². The van der Waals surface area contributed by atoms with Gasteiger partial charge in [0.1, 0.15) is 17.2 Å². The molecule has 0 heterocycles. The third kappa shape index (κ3) is 8.94.